The first-order chi connectivity index (χ1) is 48.8. The minimum absolute atomic E-state index is 0.0172. The average molecular weight is 1450 g/mol. The quantitative estimate of drug-likeness (QED) is 0.0337. The number of halogens is 9. The molecule has 4 aliphatic heterocycles. The number of pyridine rings is 4. The maximum absolute atomic E-state index is 17.0. The van der Waals surface area contributed by atoms with E-state index < -0.39 is 98.1 Å². The Morgan fingerprint density at radius 1 is 0.612 bits per heavy atom. The lowest BCUT2D eigenvalue weighted by molar-refractivity contribution is -0.124. The van der Waals surface area contributed by atoms with Gasteiger partial charge in [-0.1, -0.05) is 24.4 Å². The Hall–Kier alpha value is -8.89. The van der Waals surface area contributed by atoms with Crippen molar-refractivity contribution in [1.29, 1.82) is 0 Å². The lowest BCUT2D eigenvalue weighted by Gasteiger charge is -2.58. The van der Waals surface area contributed by atoms with Gasteiger partial charge in [0.15, 0.2) is 40.7 Å². The molecule has 6 aliphatic rings. The van der Waals surface area contributed by atoms with E-state index in [0.717, 1.165) is 70.6 Å². The van der Waals surface area contributed by atoms with Crippen molar-refractivity contribution in [3.05, 3.63) is 118 Å². The van der Waals surface area contributed by atoms with Crippen LogP contribution < -0.4 is 31.1 Å². The predicted octanol–water partition coefficient (Wildman–Crippen LogP) is 14.7. The van der Waals surface area contributed by atoms with Crippen LogP contribution in [0.1, 0.15) is 184 Å². The first-order valence-corrected chi connectivity index (χ1v) is 35.6. The van der Waals surface area contributed by atoms with Crippen molar-refractivity contribution < 1.29 is 54.3 Å². The minimum Gasteiger partial charge on any atom is -0.352 e. The van der Waals surface area contributed by atoms with Gasteiger partial charge in [-0.2, -0.15) is 4.39 Å². The molecule has 2 aromatic carbocycles. The number of amides is 4. The van der Waals surface area contributed by atoms with Crippen LogP contribution in [0.2, 0.25) is 5.02 Å². The van der Waals surface area contributed by atoms with Crippen LogP contribution in [0, 0.1) is 35.0 Å². The molecule has 29 heteroatoms. The Morgan fingerprint density at radius 3 is 1.80 bits per heavy atom. The van der Waals surface area contributed by atoms with Crippen LogP contribution in [0.3, 0.4) is 0 Å². The van der Waals surface area contributed by atoms with E-state index in [1.807, 2.05) is 50.6 Å². The number of anilines is 6. The maximum atomic E-state index is 17.0. The van der Waals surface area contributed by atoms with E-state index >= 15 is 26.3 Å². The number of imidazole rings is 2. The highest BCUT2D eigenvalue weighted by molar-refractivity contribution is 6.34. The molecule has 14 rings (SSSR count). The number of aromatic nitrogens is 8. The highest BCUT2D eigenvalue weighted by Crippen LogP contribution is 2.54. The number of carbonyl (C=O) groups is 4. The van der Waals surface area contributed by atoms with Gasteiger partial charge in [-0.25, -0.2) is 55.7 Å². The van der Waals surface area contributed by atoms with Crippen molar-refractivity contribution in [3.8, 4) is 22.5 Å². The summed E-state index contributed by atoms with van der Waals surface area (Å²) in [6, 6.07) is 7.41. The van der Waals surface area contributed by atoms with E-state index in [0.29, 0.717) is 75.7 Å². The number of nitrogens with zero attached hydrogens (tertiary/aromatic N) is 12. The third-order valence-corrected chi connectivity index (χ3v) is 22.6. The first kappa shape index (κ1) is 71.1. The first-order valence-electron chi connectivity index (χ1n) is 35.2. The zero-order valence-electron chi connectivity index (χ0n) is 58.9. The van der Waals surface area contributed by atoms with Crippen LogP contribution in [0.5, 0.6) is 0 Å². The zero-order chi connectivity index (χ0) is 73.4. The molecule has 2 saturated carbocycles. The van der Waals surface area contributed by atoms with Crippen molar-refractivity contribution in [2.24, 2.45) is 0 Å². The van der Waals surface area contributed by atoms with Gasteiger partial charge < -0.3 is 40.2 Å². The van der Waals surface area contributed by atoms with Gasteiger partial charge in [-0.15, -0.1) is 0 Å². The molecule has 8 aromatic rings. The number of hydrogen-bond acceptors (Lipinski definition) is 14. The van der Waals surface area contributed by atoms with E-state index in [1.165, 1.54) is 12.7 Å². The third kappa shape index (κ3) is 12.1. The van der Waals surface area contributed by atoms with Crippen molar-refractivity contribution >= 4 is 91.7 Å². The summed E-state index contributed by atoms with van der Waals surface area (Å²) in [6.07, 6.45) is 10.9. The summed E-state index contributed by atoms with van der Waals surface area (Å²) in [5, 5.41) is 9.42. The second kappa shape index (κ2) is 26.4. The number of alkyl halides is 2. The van der Waals surface area contributed by atoms with Crippen LogP contribution in [0.15, 0.2) is 55.2 Å². The number of likely N-dealkylation sites (tertiary alicyclic amines) is 2. The molecule has 6 aromatic heterocycles. The molecule has 103 heavy (non-hydrogen) atoms. The number of rotatable bonds is 19. The summed E-state index contributed by atoms with van der Waals surface area (Å²) < 4.78 is 125. The monoisotopic (exact) mass is 1440 g/mol. The Kier molecular flexibility index (Phi) is 18.2. The molecule has 2 aliphatic carbocycles. The second-order valence-electron chi connectivity index (χ2n) is 30.4. The van der Waals surface area contributed by atoms with Crippen molar-refractivity contribution in [2.45, 2.75) is 198 Å². The Morgan fingerprint density at radius 2 is 1.17 bits per heavy atom. The summed E-state index contributed by atoms with van der Waals surface area (Å²) in [4.78, 5) is 92.8. The zero-order valence-corrected chi connectivity index (χ0v) is 59.6. The highest BCUT2D eigenvalue weighted by atomic mass is 35.5. The number of piperidine rings is 2. The van der Waals surface area contributed by atoms with E-state index in [9.17, 15) is 28.0 Å². The number of benzene rings is 2. The number of hydrogen-bond donors (Lipinski definition) is 4. The van der Waals surface area contributed by atoms with Gasteiger partial charge in [0.05, 0.1) is 108 Å². The molecule has 0 spiro atoms. The Balaban J connectivity index is 0.762. The number of carbonyl (C=O) groups excluding carboxylic acids is 4. The standard InChI is InChI=1S/C74H81ClF8N16O4/c1-11-84-67(100)43-23-47(56(79)58(81)54(43)75)91-66-61-50(27-46(90-66)42-25-52-63(93-64(42)83)72(7,8)70(103)99(52)40-28-73(9,29-40)94-18-14-12-15-19-94)88-35-96(61)37(4)21-39-17-13-16-20-97(39)74(10)30-41(31-74)98-51-22-38(32-85-62(51)71(5,6)69(98)102)45-26-49-60(95(34-87-49)36(2)3)65(89-45)92-48-24-44(55(78)59(82)57(48)80)68(101)86-33-53(76)77/h22-27,32,34-37,39-41,53H,11-21,28-31,33H2,1-10H3,(H,84,100)(H,86,101)(H,89,92)(H,90,91). The molecule has 4 N–H and O–H groups in total. The van der Waals surface area contributed by atoms with Crippen molar-refractivity contribution in [2.75, 3.05) is 53.2 Å². The van der Waals surface area contributed by atoms with E-state index in [4.69, 9.17) is 31.5 Å². The van der Waals surface area contributed by atoms with Crippen LogP contribution in [-0.4, -0.2) is 141 Å². The van der Waals surface area contributed by atoms with Gasteiger partial charge >= 0.3 is 0 Å². The fraction of sp³-hybridized carbons (Fsp3) is 0.486. The summed E-state index contributed by atoms with van der Waals surface area (Å²) in [6.45, 7) is 20.7. The summed E-state index contributed by atoms with van der Waals surface area (Å²) >= 11 is 6.30. The fourth-order valence-corrected chi connectivity index (χ4v) is 17.0. The molecular formula is C74H81ClF8N16O4. The topological polar surface area (TPSA) is 217 Å². The lowest BCUT2D eigenvalue weighted by atomic mass is 9.70. The molecule has 20 nitrogen and oxygen atoms in total. The number of nitrogens with one attached hydrogen (secondary N) is 4. The summed E-state index contributed by atoms with van der Waals surface area (Å²) in [5.74, 6) is -12.0. The van der Waals surface area contributed by atoms with Gasteiger partial charge in [0.25, 0.3) is 18.2 Å². The van der Waals surface area contributed by atoms with Gasteiger partial charge in [-0.05, 0) is 183 Å². The molecule has 4 amide bonds. The largest absolute Gasteiger partial charge is 0.352 e. The molecule has 0 bridgehead atoms. The van der Waals surface area contributed by atoms with Crippen LogP contribution in [0.4, 0.5) is 69.5 Å². The van der Waals surface area contributed by atoms with Crippen LogP contribution in [-0.2, 0) is 20.4 Å². The SMILES string of the molecule is CCNC(=O)c1cc(Nc2nc(-c3cc4c(nc3F)C(C)(C)C(=O)N4C3CC(C)(N4CCCCC4)C3)cc3ncn(C(C)CC4CCCCN4C4(C)CC(N5C(=O)C(C)(C)c6ncc(-c7cc8ncn(C(C)C)c8c(Nc8cc(C(=O)NCC(F)F)c(F)c(F)c8F)n7)cc65)C4)c23)c(F)c(F)c1Cl. The molecule has 4 fully saturated rings. The third-order valence-electron chi connectivity index (χ3n) is 22.3. The van der Waals surface area contributed by atoms with Crippen molar-refractivity contribution in [1.82, 2.24) is 59.5 Å². The van der Waals surface area contributed by atoms with E-state index in [1.54, 1.807) is 65.9 Å². The molecule has 544 valence electrons. The summed E-state index contributed by atoms with van der Waals surface area (Å²) in [5.41, 5.74) is -1.40. The van der Waals surface area contributed by atoms with Crippen molar-refractivity contribution in [3.63, 3.8) is 0 Å². The average Bonchev–Trinajstić information content (AvgIpc) is 1.59. The highest BCUT2D eigenvalue weighted by Gasteiger charge is 2.57. The van der Waals surface area contributed by atoms with Crippen LogP contribution in [0.25, 0.3) is 44.6 Å². The maximum Gasteiger partial charge on any atom is 0.255 e. The molecule has 2 atom stereocenters. The smallest absolute Gasteiger partial charge is 0.255 e. The van der Waals surface area contributed by atoms with Gasteiger partial charge in [-0.3, -0.25) is 34.0 Å². The Labute approximate surface area is 594 Å². The van der Waals surface area contributed by atoms with E-state index in [-0.39, 0.29) is 88.3 Å². The minimum atomic E-state index is -3.00. The molecule has 0 radical (unpaired) electrons. The van der Waals surface area contributed by atoms with Gasteiger partial charge in [0.1, 0.15) is 11.0 Å². The molecule has 2 unspecified atom stereocenters. The Bertz CT molecular complexity index is 4790. The van der Waals surface area contributed by atoms with Gasteiger partial charge in [0, 0.05) is 59.6 Å². The van der Waals surface area contributed by atoms with E-state index in [2.05, 4.69) is 49.6 Å². The summed E-state index contributed by atoms with van der Waals surface area (Å²) in [7, 11) is 0. The molecular weight excluding hydrogens is 1360 g/mol. The normalized spacial score (nSPS) is 22.8. The van der Waals surface area contributed by atoms with Gasteiger partial charge in [0.2, 0.25) is 17.8 Å². The van der Waals surface area contributed by atoms with Crippen LogP contribution >= 0.6 is 11.6 Å². The second-order valence-corrected chi connectivity index (χ2v) is 30.7. The fourth-order valence-electron chi connectivity index (χ4n) is 16.8. The lowest BCUT2D eigenvalue weighted by Crippen LogP contribution is -2.66. The molecule has 10 heterocycles. The molecule has 2 saturated heterocycles. The predicted molar refractivity (Wildman–Crippen MR) is 375 cm³/mol. The number of fused-ring (bicyclic) bond motifs is 4.